The molecule has 0 spiro atoms. The predicted octanol–water partition coefficient (Wildman–Crippen LogP) is 2.32. The van der Waals surface area contributed by atoms with E-state index in [2.05, 4.69) is 10.4 Å². The molecule has 0 aliphatic carbocycles. The topological polar surface area (TPSA) is 67.2 Å². The van der Waals surface area contributed by atoms with Gasteiger partial charge >= 0.3 is 0 Å². The molecule has 1 aromatic carbocycles. The van der Waals surface area contributed by atoms with E-state index in [1.807, 2.05) is 52.3 Å². The third-order valence-corrected chi connectivity index (χ3v) is 4.67. The van der Waals surface area contributed by atoms with Gasteiger partial charge in [0.25, 0.3) is 0 Å². The van der Waals surface area contributed by atoms with Gasteiger partial charge < -0.3 is 10.2 Å². The van der Waals surface area contributed by atoms with Gasteiger partial charge in [-0.1, -0.05) is 24.6 Å². The van der Waals surface area contributed by atoms with Crippen molar-refractivity contribution in [1.82, 2.24) is 20.0 Å². The molecule has 0 radical (unpaired) electrons. The van der Waals surface area contributed by atoms with Crippen LogP contribution in [0, 0.1) is 0 Å². The maximum Gasteiger partial charge on any atom is 0.222 e. The van der Waals surface area contributed by atoms with E-state index in [0.717, 1.165) is 43.5 Å². The molecule has 0 atom stereocenters. The molecule has 1 aliphatic heterocycles. The molecule has 0 bridgehead atoms. The van der Waals surface area contributed by atoms with Gasteiger partial charge in [-0.3, -0.25) is 9.59 Å². The van der Waals surface area contributed by atoms with Gasteiger partial charge in [0, 0.05) is 38.7 Å². The first-order valence-corrected chi connectivity index (χ1v) is 9.36. The number of rotatable bonds is 7. The predicted molar refractivity (Wildman–Crippen MR) is 99.9 cm³/mol. The van der Waals surface area contributed by atoms with Crippen LogP contribution < -0.4 is 5.32 Å². The molecule has 138 valence electrons. The molecule has 26 heavy (non-hydrogen) atoms. The van der Waals surface area contributed by atoms with Crippen molar-refractivity contribution in [3.05, 3.63) is 48.3 Å². The average Bonchev–Trinajstić information content (AvgIpc) is 3.03. The number of likely N-dealkylation sites (tertiary alicyclic amines) is 1. The first-order chi connectivity index (χ1) is 12.7. The molecule has 1 aromatic heterocycles. The minimum Gasteiger partial charge on any atom is -0.356 e. The molecule has 1 N–H and O–H groups in total. The Morgan fingerprint density at radius 1 is 1.15 bits per heavy atom. The lowest BCUT2D eigenvalue weighted by Gasteiger charge is -2.20. The average molecular weight is 354 g/mol. The minimum absolute atomic E-state index is 0.00232. The fraction of sp³-hybridized carbons (Fsp3) is 0.450. The van der Waals surface area contributed by atoms with Crippen molar-refractivity contribution >= 4 is 11.8 Å². The standard InChI is InChI=1S/C20H26N4O2/c25-19(11-14-23-13-6-2-5-9-20(23)26)21-12-10-17-15-22-24(16-17)18-7-3-1-4-8-18/h1,3-4,7-8,15-16H,2,5-6,9-14H2,(H,21,25). The van der Waals surface area contributed by atoms with Crippen LogP contribution in [0.1, 0.15) is 37.7 Å². The van der Waals surface area contributed by atoms with Crippen LogP contribution in [-0.2, 0) is 16.0 Å². The van der Waals surface area contributed by atoms with Gasteiger partial charge in [0.15, 0.2) is 0 Å². The van der Waals surface area contributed by atoms with Crippen LogP contribution in [0.2, 0.25) is 0 Å². The molecular formula is C20H26N4O2. The summed E-state index contributed by atoms with van der Waals surface area (Å²) < 4.78 is 1.84. The Balaban J connectivity index is 1.38. The lowest BCUT2D eigenvalue weighted by molar-refractivity contribution is -0.131. The molecule has 3 rings (SSSR count). The highest BCUT2D eigenvalue weighted by molar-refractivity contribution is 5.79. The van der Waals surface area contributed by atoms with Gasteiger partial charge in [-0.2, -0.15) is 5.10 Å². The second-order valence-corrected chi connectivity index (χ2v) is 6.67. The third-order valence-electron chi connectivity index (χ3n) is 4.67. The van der Waals surface area contributed by atoms with Crippen molar-refractivity contribution in [1.29, 1.82) is 0 Å². The molecule has 6 heteroatoms. The first kappa shape index (κ1) is 18.2. The highest BCUT2D eigenvalue weighted by Crippen LogP contribution is 2.11. The van der Waals surface area contributed by atoms with Crippen LogP contribution in [0.15, 0.2) is 42.7 Å². The quantitative estimate of drug-likeness (QED) is 0.830. The summed E-state index contributed by atoms with van der Waals surface area (Å²) in [6, 6.07) is 9.94. The molecule has 2 amide bonds. The second-order valence-electron chi connectivity index (χ2n) is 6.67. The number of para-hydroxylation sites is 1. The maximum atomic E-state index is 12.0. The Hall–Kier alpha value is -2.63. The molecule has 2 aromatic rings. The number of nitrogens with one attached hydrogen (secondary N) is 1. The van der Waals surface area contributed by atoms with Crippen LogP contribution in [0.3, 0.4) is 0 Å². The summed E-state index contributed by atoms with van der Waals surface area (Å²) in [6.45, 7) is 1.88. The van der Waals surface area contributed by atoms with Crippen LogP contribution in [0.25, 0.3) is 5.69 Å². The van der Waals surface area contributed by atoms with Gasteiger partial charge in [0.05, 0.1) is 11.9 Å². The van der Waals surface area contributed by atoms with Crippen molar-refractivity contribution < 1.29 is 9.59 Å². The van der Waals surface area contributed by atoms with Crippen LogP contribution in [-0.4, -0.2) is 46.1 Å². The van der Waals surface area contributed by atoms with Gasteiger partial charge in [0.2, 0.25) is 11.8 Å². The number of carbonyl (C=O) groups excluding carboxylic acids is 2. The number of nitrogens with zero attached hydrogens (tertiary/aromatic N) is 3. The first-order valence-electron chi connectivity index (χ1n) is 9.36. The number of aromatic nitrogens is 2. The van der Waals surface area contributed by atoms with E-state index >= 15 is 0 Å². The molecule has 0 saturated carbocycles. The van der Waals surface area contributed by atoms with E-state index in [1.165, 1.54) is 0 Å². The zero-order valence-corrected chi connectivity index (χ0v) is 15.1. The Kier molecular flexibility index (Phi) is 6.41. The van der Waals surface area contributed by atoms with E-state index in [1.54, 1.807) is 0 Å². The molecular weight excluding hydrogens is 328 g/mol. The van der Waals surface area contributed by atoms with E-state index in [0.29, 0.717) is 25.9 Å². The summed E-state index contributed by atoms with van der Waals surface area (Å²) in [5.41, 5.74) is 2.10. The molecule has 1 fully saturated rings. The molecule has 2 heterocycles. The zero-order valence-electron chi connectivity index (χ0n) is 15.1. The normalized spacial score (nSPS) is 14.9. The van der Waals surface area contributed by atoms with Gasteiger partial charge in [0.1, 0.15) is 0 Å². The number of carbonyl (C=O) groups is 2. The molecule has 1 aliphatic rings. The highest BCUT2D eigenvalue weighted by Gasteiger charge is 2.17. The molecule has 6 nitrogen and oxygen atoms in total. The van der Waals surface area contributed by atoms with Crippen LogP contribution in [0.5, 0.6) is 0 Å². The Bertz CT molecular complexity index is 726. The SMILES string of the molecule is O=C(CCN1CCCCCC1=O)NCCc1cnn(-c2ccccc2)c1. The summed E-state index contributed by atoms with van der Waals surface area (Å²) in [7, 11) is 0. The number of hydrogen-bond acceptors (Lipinski definition) is 3. The largest absolute Gasteiger partial charge is 0.356 e. The Morgan fingerprint density at radius 3 is 2.85 bits per heavy atom. The second kappa shape index (κ2) is 9.17. The minimum atomic E-state index is -0.00232. The van der Waals surface area contributed by atoms with Gasteiger partial charge in [-0.25, -0.2) is 4.68 Å². The van der Waals surface area contributed by atoms with Crippen molar-refractivity contribution in [2.24, 2.45) is 0 Å². The fourth-order valence-corrected chi connectivity index (χ4v) is 3.16. The van der Waals surface area contributed by atoms with E-state index in [4.69, 9.17) is 0 Å². The van der Waals surface area contributed by atoms with E-state index in [9.17, 15) is 9.59 Å². The van der Waals surface area contributed by atoms with Crippen molar-refractivity contribution in [2.45, 2.75) is 38.5 Å². The monoisotopic (exact) mass is 354 g/mol. The fourth-order valence-electron chi connectivity index (χ4n) is 3.16. The van der Waals surface area contributed by atoms with Crippen molar-refractivity contribution in [3.63, 3.8) is 0 Å². The third kappa shape index (κ3) is 5.18. The summed E-state index contributed by atoms with van der Waals surface area (Å²) in [5, 5.41) is 7.29. The lowest BCUT2D eigenvalue weighted by Crippen LogP contribution is -2.35. The van der Waals surface area contributed by atoms with Gasteiger partial charge in [-0.15, -0.1) is 0 Å². The van der Waals surface area contributed by atoms with E-state index < -0.39 is 0 Å². The number of benzene rings is 1. The lowest BCUT2D eigenvalue weighted by atomic mass is 10.2. The maximum absolute atomic E-state index is 12.0. The summed E-state index contributed by atoms with van der Waals surface area (Å²) in [6.07, 6.45) is 8.65. The van der Waals surface area contributed by atoms with Crippen LogP contribution >= 0.6 is 0 Å². The summed E-state index contributed by atoms with van der Waals surface area (Å²) in [5.74, 6) is 0.182. The summed E-state index contributed by atoms with van der Waals surface area (Å²) >= 11 is 0. The number of hydrogen-bond donors (Lipinski definition) is 1. The molecule has 0 unspecified atom stereocenters. The van der Waals surface area contributed by atoms with Crippen molar-refractivity contribution in [3.8, 4) is 5.69 Å². The smallest absolute Gasteiger partial charge is 0.222 e. The summed E-state index contributed by atoms with van der Waals surface area (Å²) in [4.78, 5) is 25.8. The zero-order chi connectivity index (χ0) is 18.2. The molecule has 1 saturated heterocycles. The van der Waals surface area contributed by atoms with Crippen LogP contribution in [0.4, 0.5) is 0 Å². The van der Waals surface area contributed by atoms with E-state index in [-0.39, 0.29) is 11.8 Å². The highest BCUT2D eigenvalue weighted by atomic mass is 16.2. The van der Waals surface area contributed by atoms with Crippen molar-refractivity contribution in [2.75, 3.05) is 19.6 Å². The Labute approximate surface area is 154 Å². The Morgan fingerprint density at radius 2 is 2.00 bits per heavy atom. The van der Waals surface area contributed by atoms with Gasteiger partial charge in [-0.05, 0) is 37.0 Å². The number of amides is 2.